The van der Waals surface area contributed by atoms with Crippen molar-refractivity contribution in [3.05, 3.63) is 199 Å². The molecule has 0 aromatic heterocycles. The third kappa shape index (κ3) is 7.16. The monoisotopic (exact) mass is 812 g/mol. The van der Waals surface area contributed by atoms with E-state index in [9.17, 15) is 20.4 Å². The lowest BCUT2D eigenvalue weighted by atomic mass is 9.90. The number of phenolic OH excluding ortho intramolecular Hbond substituents is 4. The molecule has 0 fully saturated rings. The van der Waals surface area contributed by atoms with E-state index in [0.29, 0.717) is 50.6 Å². The maximum absolute atomic E-state index is 12.0. The van der Waals surface area contributed by atoms with Crippen LogP contribution in [0.4, 0.5) is 0 Å². The topological polar surface area (TPSA) is 109 Å². The van der Waals surface area contributed by atoms with Gasteiger partial charge in [-0.25, -0.2) is 0 Å². The van der Waals surface area contributed by atoms with E-state index in [1.807, 2.05) is 164 Å². The zero-order valence-electron chi connectivity index (χ0n) is 33.5. The summed E-state index contributed by atoms with van der Waals surface area (Å²) in [6.45, 7) is 0.219. The SMILES string of the molecule is Oc1ccc2ccccc2c1-c1c(O)c(COc2cc(COc3ccccc3)cc(OCc3cc4ccccc4c(-c4c(O)ccc5ccccc45)c3O)c2)cc2ccccc12. The van der Waals surface area contributed by atoms with Crippen LogP contribution in [0, 0.1) is 0 Å². The fourth-order valence-corrected chi connectivity index (χ4v) is 8.45. The number of para-hydroxylation sites is 1. The largest absolute Gasteiger partial charge is 0.507 e. The highest BCUT2D eigenvalue weighted by Gasteiger charge is 2.22. The Balaban J connectivity index is 1.01. The molecule has 0 atom stereocenters. The van der Waals surface area contributed by atoms with Crippen molar-refractivity contribution in [3.8, 4) is 62.5 Å². The van der Waals surface area contributed by atoms with Crippen molar-refractivity contribution in [3.63, 3.8) is 0 Å². The van der Waals surface area contributed by atoms with Crippen LogP contribution >= 0.6 is 0 Å². The Morgan fingerprint density at radius 1 is 0.306 bits per heavy atom. The van der Waals surface area contributed by atoms with Gasteiger partial charge in [-0.1, -0.05) is 127 Å². The number of rotatable bonds is 11. The van der Waals surface area contributed by atoms with Crippen molar-refractivity contribution >= 4 is 43.1 Å². The number of hydrogen-bond acceptors (Lipinski definition) is 7. The van der Waals surface area contributed by atoms with Crippen LogP contribution < -0.4 is 14.2 Å². The molecule has 0 saturated carbocycles. The van der Waals surface area contributed by atoms with Gasteiger partial charge in [0, 0.05) is 39.4 Å². The Kier molecular flexibility index (Phi) is 9.90. The number of hydrogen-bond donors (Lipinski definition) is 4. The second-order valence-electron chi connectivity index (χ2n) is 15.3. The molecule has 7 heteroatoms. The number of benzene rings is 10. The van der Waals surface area contributed by atoms with Crippen molar-refractivity contribution in [1.29, 1.82) is 0 Å². The van der Waals surface area contributed by atoms with Crippen LogP contribution in [0.5, 0.6) is 40.2 Å². The highest BCUT2D eigenvalue weighted by molar-refractivity contribution is 6.11. The minimum Gasteiger partial charge on any atom is -0.507 e. The van der Waals surface area contributed by atoms with E-state index in [0.717, 1.165) is 48.7 Å². The first-order chi connectivity index (χ1) is 30.4. The summed E-state index contributed by atoms with van der Waals surface area (Å²) in [5.74, 6) is 1.80. The lowest BCUT2D eigenvalue weighted by Gasteiger charge is -2.19. The highest BCUT2D eigenvalue weighted by atomic mass is 16.5. The fourth-order valence-electron chi connectivity index (χ4n) is 8.45. The standard InChI is InChI=1S/C55H40O7/c56-48-24-22-35-12-4-8-18-44(35)50(48)52-46-20-10-6-14-37(46)28-39(54(52)58)32-61-42-26-34(31-60-41-16-2-1-3-17-41)27-43(30-42)62-33-40-29-38-15-7-11-21-47(38)53(55(40)59)51-45-19-9-5-13-36(45)23-25-49(51)57/h1-30,56-59H,31-33H2. The summed E-state index contributed by atoms with van der Waals surface area (Å²) in [4.78, 5) is 0. The molecule has 0 unspecified atom stereocenters. The fraction of sp³-hybridized carbons (Fsp3) is 0.0545. The van der Waals surface area contributed by atoms with E-state index in [4.69, 9.17) is 14.2 Å². The lowest BCUT2D eigenvalue weighted by molar-refractivity contribution is 0.277. The Morgan fingerprint density at radius 3 is 1.16 bits per heavy atom. The number of phenols is 4. The molecular weight excluding hydrogens is 773 g/mol. The van der Waals surface area contributed by atoms with Gasteiger partial charge < -0.3 is 34.6 Å². The summed E-state index contributed by atoms with van der Waals surface area (Å²) in [5, 5.41) is 53.5. The molecule has 10 rings (SSSR count). The maximum Gasteiger partial charge on any atom is 0.130 e. The van der Waals surface area contributed by atoms with Gasteiger partial charge in [0.05, 0.1) is 0 Å². The van der Waals surface area contributed by atoms with Gasteiger partial charge in [0.15, 0.2) is 0 Å². The van der Waals surface area contributed by atoms with E-state index >= 15 is 0 Å². The third-order valence-electron chi connectivity index (χ3n) is 11.4. The predicted molar refractivity (Wildman–Crippen MR) is 246 cm³/mol. The molecule has 10 aromatic carbocycles. The van der Waals surface area contributed by atoms with Gasteiger partial charge in [-0.3, -0.25) is 0 Å². The Hall–Kier alpha value is -8.16. The molecule has 0 aliphatic carbocycles. The molecule has 10 aromatic rings. The summed E-state index contributed by atoms with van der Waals surface area (Å²) in [5.41, 5.74) is 3.98. The van der Waals surface area contributed by atoms with E-state index in [1.165, 1.54) is 0 Å². The van der Waals surface area contributed by atoms with Crippen LogP contribution in [0.2, 0.25) is 0 Å². The average molecular weight is 813 g/mol. The first kappa shape index (κ1) is 38.1. The van der Waals surface area contributed by atoms with E-state index in [2.05, 4.69) is 0 Å². The van der Waals surface area contributed by atoms with Crippen molar-refractivity contribution in [2.24, 2.45) is 0 Å². The summed E-state index contributed by atoms with van der Waals surface area (Å²) in [7, 11) is 0. The first-order valence-electron chi connectivity index (χ1n) is 20.4. The number of ether oxygens (including phenoxy) is 3. The summed E-state index contributed by atoms with van der Waals surface area (Å²) in [6, 6.07) is 57.0. The third-order valence-corrected chi connectivity index (χ3v) is 11.4. The van der Waals surface area contributed by atoms with Crippen LogP contribution in [-0.4, -0.2) is 20.4 Å². The second-order valence-corrected chi connectivity index (χ2v) is 15.3. The predicted octanol–water partition coefficient (Wildman–Crippen LogP) is 13.2. The van der Waals surface area contributed by atoms with Gasteiger partial charge in [0.1, 0.15) is 60.1 Å². The Labute approximate surface area is 357 Å². The molecule has 0 spiro atoms. The molecule has 62 heavy (non-hydrogen) atoms. The highest BCUT2D eigenvalue weighted by Crippen LogP contribution is 2.48. The minimum atomic E-state index is 0.000971. The van der Waals surface area contributed by atoms with E-state index in [-0.39, 0.29) is 42.8 Å². The van der Waals surface area contributed by atoms with Crippen LogP contribution in [0.25, 0.3) is 65.3 Å². The van der Waals surface area contributed by atoms with E-state index in [1.54, 1.807) is 18.2 Å². The van der Waals surface area contributed by atoms with Crippen LogP contribution in [0.15, 0.2) is 182 Å². The molecule has 302 valence electrons. The molecule has 0 radical (unpaired) electrons. The molecule has 7 nitrogen and oxygen atoms in total. The van der Waals surface area contributed by atoms with Gasteiger partial charge in [-0.05, 0) is 97.2 Å². The molecule has 0 saturated heterocycles. The number of fused-ring (bicyclic) bond motifs is 4. The maximum atomic E-state index is 12.0. The van der Waals surface area contributed by atoms with Gasteiger partial charge in [0.2, 0.25) is 0 Å². The first-order valence-corrected chi connectivity index (χ1v) is 20.4. The summed E-state index contributed by atoms with van der Waals surface area (Å²) in [6.07, 6.45) is 0. The van der Waals surface area contributed by atoms with Gasteiger partial charge in [-0.2, -0.15) is 0 Å². The Bertz CT molecular complexity index is 3110. The number of aromatic hydroxyl groups is 4. The molecule has 0 heterocycles. The molecule has 0 aliphatic heterocycles. The molecule has 0 aliphatic rings. The Morgan fingerprint density at radius 2 is 0.694 bits per heavy atom. The summed E-state index contributed by atoms with van der Waals surface area (Å²) < 4.78 is 19.1. The van der Waals surface area contributed by atoms with Gasteiger partial charge in [0.25, 0.3) is 0 Å². The van der Waals surface area contributed by atoms with Crippen LogP contribution in [0.1, 0.15) is 16.7 Å². The molecular formula is C55H40O7. The van der Waals surface area contributed by atoms with Crippen LogP contribution in [-0.2, 0) is 19.8 Å². The van der Waals surface area contributed by atoms with Crippen LogP contribution in [0.3, 0.4) is 0 Å². The van der Waals surface area contributed by atoms with Crippen molar-refractivity contribution in [2.75, 3.05) is 0 Å². The minimum absolute atomic E-state index is 0.000971. The zero-order chi connectivity index (χ0) is 42.2. The van der Waals surface area contributed by atoms with E-state index < -0.39 is 0 Å². The van der Waals surface area contributed by atoms with Gasteiger partial charge >= 0.3 is 0 Å². The quantitative estimate of drug-likeness (QED) is 0.103. The van der Waals surface area contributed by atoms with Crippen molar-refractivity contribution < 1.29 is 34.6 Å². The van der Waals surface area contributed by atoms with Crippen molar-refractivity contribution in [2.45, 2.75) is 19.8 Å². The normalized spacial score (nSPS) is 11.4. The molecule has 0 bridgehead atoms. The molecule has 0 amide bonds. The smallest absolute Gasteiger partial charge is 0.130 e. The second kappa shape index (κ2) is 16.1. The summed E-state index contributed by atoms with van der Waals surface area (Å²) >= 11 is 0. The molecule has 4 N–H and O–H groups in total. The van der Waals surface area contributed by atoms with Gasteiger partial charge in [-0.15, -0.1) is 0 Å². The zero-order valence-corrected chi connectivity index (χ0v) is 33.5. The van der Waals surface area contributed by atoms with Crippen molar-refractivity contribution in [1.82, 2.24) is 0 Å². The average Bonchev–Trinajstić information content (AvgIpc) is 3.30. The lowest BCUT2D eigenvalue weighted by Crippen LogP contribution is -2.03.